The van der Waals surface area contributed by atoms with E-state index in [4.69, 9.17) is 0 Å². The molecule has 3 aromatic rings. The minimum Gasteiger partial charge on any atom is -0.362 e. The molecule has 1 aliphatic heterocycles. The van der Waals surface area contributed by atoms with Gasteiger partial charge in [0.2, 0.25) is 0 Å². The summed E-state index contributed by atoms with van der Waals surface area (Å²) >= 11 is 1.47. The van der Waals surface area contributed by atoms with Crippen molar-refractivity contribution in [3.8, 4) is 0 Å². The van der Waals surface area contributed by atoms with Crippen molar-refractivity contribution in [2.75, 3.05) is 5.32 Å². The van der Waals surface area contributed by atoms with Gasteiger partial charge in [0.05, 0.1) is 11.6 Å². The van der Waals surface area contributed by atoms with Crippen molar-refractivity contribution in [3.63, 3.8) is 0 Å². The zero-order chi connectivity index (χ0) is 23.8. The number of nitrogens with one attached hydrogen (secondary N) is 2. The summed E-state index contributed by atoms with van der Waals surface area (Å²) in [4.78, 5) is 27.7. The molecule has 0 fully saturated rings. The molecule has 0 unspecified atom stereocenters. The van der Waals surface area contributed by atoms with Crippen LogP contribution in [-0.4, -0.2) is 11.7 Å². The molecule has 2 atom stereocenters. The SMILES string of the molecule is CC1=C(C(=O)Nc2ccc(F)cc2F)[C@@H](c2cccs2)C2=C(C[C@H](c3ccccc3)CC2=O)N1. The van der Waals surface area contributed by atoms with Crippen LogP contribution in [0.3, 0.4) is 0 Å². The molecule has 0 spiro atoms. The van der Waals surface area contributed by atoms with E-state index in [1.165, 1.54) is 17.4 Å². The Morgan fingerprint density at radius 2 is 1.85 bits per heavy atom. The van der Waals surface area contributed by atoms with E-state index >= 15 is 0 Å². The van der Waals surface area contributed by atoms with E-state index < -0.39 is 23.5 Å². The number of hydrogen-bond acceptors (Lipinski definition) is 4. The first-order valence-corrected chi connectivity index (χ1v) is 11.9. The van der Waals surface area contributed by atoms with Gasteiger partial charge >= 0.3 is 0 Å². The van der Waals surface area contributed by atoms with E-state index in [2.05, 4.69) is 10.6 Å². The summed E-state index contributed by atoms with van der Waals surface area (Å²) in [5, 5.41) is 7.78. The molecule has 4 nitrogen and oxygen atoms in total. The molecule has 0 saturated carbocycles. The van der Waals surface area contributed by atoms with Crippen LogP contribution >= 0.6 is 11.3 Å². The van der Waals surface area contributed by atoms with Gasteiger partial charge in [0.25, 0.3) is 5.91 Å². The summed E-state index contributed by atoms with van der Waals surface area (Å²) < 4.78 is 27.6. The lowest BCUT2D eigenvalue weighted by Crippen LogP contribution is -2.36. The highest BCUT2D eigenvalue weighted by molar-refractivity contribution is 7.10. The van der Waals surface area contributed by atoms with Crippen LogP contribution < -0.4 is 10.6 Å². The fraction of sp³-hybridized carbons (Fsp3) is 0.185. The molecule has 1 aromatic heterocycles. The average molecular weight is 477 g/mol. The van der Waals surface area contributed by atoms with Gasteiger partial charge in [0.15, 0.2) is 5.78 Å². The molecular weight excluding hydrogens is 454 g/mol. The first-order chi connectivity index (χ1) is 16.4. The van der Waals surface area contributed by atoms with Crippen molar-refractivity contribution in [3.05, 3.63) is 111 Å². The molecule has 2 aliphatic rings. The van der Waals surface area contributed by atoms with Gasteiger partial charge in [0, 0.05) is 39.9 Å². The highest BCUT2D eigenvalue weighted by Gasteiger charge is 2.41. The Hall–Kier alpha value is -3.58. The second-order valence-corrected chi connectivity index (χ2v) is 9.50. The van der Waals surface area contributed by atoms with Crippen molar-refractivity contribution >= 4 is 28.7 Å². The van der Waals surface area contributed by atoms with Crippen LogP contribution in [-0.2, 0) is 9.59 Å². The van der Waals surface area contributed by atoms with Crippen molar-refractivity contribution < 1.29 is 18.4 Å². The second-order valence-electron chi connectivity index (χ2n) is 8.52. The number of halogens is 2. The quantitative estimate of drug-likeness (QED) is 0.484. The van der Waals surface area contributed by atoms with Gasteiger partial charge in [-0.15, -0.1) is 11.3 Å². The van der Waals surface area contributed by atoms with Crippen LogP contribution in [0.2, 0.25) is 0 Å². The van der Waals surface area contributed by atoms with Crippen LogP contribution in [0.15, 0.2) is 88.6 Å². The fourth-order valence-corrected chi connectivity index (χ4v) is 5.66. The minimum absolute atomic E-state index is 0.00762. The summed E-state index contributed by atoms with van der Waals surface area (Å²) in [6.45, 7) is 1.79. The second kappa shape index (κ2) is 8.99. The maximum Gasteiger partial charge on any atom is 0.254 e. The molecule has 34 heavy (non-hydrogen) atoms. The van der Waals surface area contributed by atoms with E-state index in [0.717, 1.165) is 28.3 Å². The van der Waals surface area contributed by atoms with Gasteiger partial charge in [-0.1, -0.05) is 36.4 Å². The Bertz CT molecular complexity index is 1330. The van der Waals surface area contributed by atoms with E-state index in [1.54, 1.807) is 6.92 Å². The first kappa shape index (κ1) is 22.2. The van der Waals surface area contributed by atoms with E-state index in [-0.39, 0.29) is 17.4 Å². The zero-order valence-corrected chi connectivity index (χ0v) is 19.2. The molecule has 0 bridgehead atoms. The molecule has 1 aliphatic carbocycles. The Labute approximate surface area is 200 Å². The number of Topliss-reactive ketones (excluding diaryl/α,β-unsaturated/α-hetero) is 1. The summed E-state index contributed by atoms with van der Waals surface area (Å²) in [7, 11) is 0. The number of dihydropyridines is 1. The third kappa shape index (κ3) is 4.07. The number of carbonyl (C=O) groups excluding carboxylic acids is 2. The number of anilines is 1. The lowest BCUT2D eigenvalue weighted by Gasteiger charge is -2.36. The van der Waals surface area contributed by atoms with Crippen molar-refractivity contribution in [2.45, 2.75) is 31.6 Å². The number of rotatable bonds is 4. The topological polar surface area (TPSA) is 58.2 Å². The fourth-order valence-electron chi connectivity index (χ4n) is 4.82. The molecular formula is C27H22F2N2O2S. The van der Waals surface area contributed by atoms with Crippen LogP contribution in [0.1, 0.15) is 42.0 Å². The average Bonchev–Trinajstić information content (AvgIpc) is 3.35. The Balaban J connectivity index is 1.53. The monoisotopic (exact) mass is 476 g/mol. The maximum atomic E-state index is 14.2. The van der Waals surface area contributed by atoms with Crippen molar-refractivity contribution in [1.29, 1.82) is 0 Å². The third-order valence-electron chi connectivity index (χ3n) is 6.35. The molecule has 0 radical (unpaired) electrons. The Kier molecular flexibility index (Phi) is 5.87. The summed E-state index contributed by atoms with van der Waals surface area (Å²) in [6.07, 6.45) is 1.01. The Morgan fingerprint density at radius 3 is 2.56 bits per heavy atom. The zero-order valence-electron chi connectivity index (χ0n) is 18.4. The normalized spacial score (nSPS) is 20.1. The summed E-state index contributed by atoms with van der Waals surface area (Å²) in [6, 6.07) is 16.7. The maximum absolute atomic E-state index is 14.2. The molecule has 5 rings (SSSR count). The van der Waals surface area contributed by atoms with Gasteiger partial charge in [-0.2, -0.15) is 0 Å². The van der Waals surface area contributed by atoms with Crippen LogP contribution in [0.5, 0.6) is 0 Å². The van der Waals surface area contributed by atoms with Crippen molar-refractivity contribution in [1.82, 2.24) is 5.32 Å². The number of thiophene rings is 1. The standard InChI is InChI=1S/C27H22F2N2O2S/c1-15-24(27(33)31-20-10-9-18(28)14-19(20)29)26(23-8-5-11-34-23)25-21(30-15)12-17(13-22(25)32)16-6-3-2-4-7-16/h2-11,14,17,26,30H,12-13H2,1H3,(H,31,33)/t17-,26+/m0/s1. The number of amides is 1. The predicted octanol–water partition coefficient (Wildman–Crippen LogP) is 6.03. The van der Waals surface area contributed by atoms with Crippen LogP contribution in [0, 0.1) is 11.6 Å². The Morgan fingerprint density at radius 1 is 1.06 bits per heavy atom. The molecule has 0 saturated heterocycles. The van der Waals surface area contributed by atoms with E-state index in [0.29, 0.717) is 29.7 Å². The molecule has 2 heterocycles. The highest BCUT2D eigenvalue weighted by Crippen LogP contribution is 2.46. The van der Waals surface area contributed by atoms with E-state index in [1.807, 2.05) is 47.8 Å². The predicted molar refractivity (Wildman–Crippen MR) is 128 cm³/mol. The van der Waals surface area contributed by atoms with Crippen LogP contribution in [0.4, 0.5) is 14.5 Å². The highest BCUT2D eigenvalue weighted by atomic mass is 32.1. The molecule has 172 valence electrons. The minimum atomic E-state index is -0.859. The lowest BCUT2D eigenvalue weighted by atomic mass is 9.73. The largest absolute Gasteiger partial charge is 0.362 e. The smallest absolute Gasteiger partial charge is 0.254 e. The van der Waals surface area contributed by atoms with Gasteiger partial charge < -0.3 is 10.6 Å². The van der Waals surface area contributed by atoms with Gasteiger partial charge in [-0.25, -0.2) is 8.78 Å². The van der Waals surface area contributed by atoms with Gasteiger partial charge in [-0.3, -0.25) is 9.59 Å². The molecule has 7 heteroatoms. The molecule has 1 amide bonds. The van der Waals surface area contributed by atoms with E-state index in [9.17, 15) is 18.4 Å². The number of benzene rings is 2. The summed E-state index contributed by atoms with van der Waals surface area (Å²) in [5.74, 6) is -2.62. The lowest BCUT2D eigenvalue weighted by molar-refractivity contribution is -0.116. The number of allylic oxidation sites excluding steroid dienone is 3. The van der Waals surface area contributed by atoms with Crippen LogP contribution in [0.25, 0.3) is 0 Å². The molecule has 2 aromatic carbocycles. The number of hydrogen-bond donors (Lipinski definition) is 2. The number of ketones is 1. The first-order valence-electron chi connectivity index (χ1n) is 11.0. The molecule has 2 N–H and O–H groups in total. The van der Waals surface area contributed by atoms with Gasteiger partial charge in [-0.05, 0) is 48.4 Å². The van der Waals surface area contributed by atoms with Crippen molar-refractivity contribution in [2.24, 2.45) is 0 Å². The van der Waals surface area contributed by atoms with Gasteiger partial charge in [0.1, 0.15) is 11.6 Å². The number of carbonyl (C=O) groups is 2. The summed E-state index contributed by atoms with van der Waals surface area (Å²) in [5.41, 5.74) is 3.37. The third-order valence-corrected chi connectivity index (χ3v) is 7.29.